The van der Waals surface area contributed by atoms with Crippen LogP contribution in [-0.4, -0.2) is 46.9 Å². The fraction of sp³-hybridized carbons (Fsp3) is 0.281. The second-order valence-electron chi connectivity index (χ2n) is 11.1. The number of fused-ring (bicyclic) bond motifs is 2. The van der Waals surface area contributed by atoms with Gasteiger partial charge in [-0.2, -0.15) is 18.3 Å². The summed E-state index contributed by atoms with van der Waals surface area (Å²) in [5.41, 5.74) is 0.308. The fourth-order valence-electron chi connectivity index (χ4n) is 5.58. The van der Waals surface area contributed by atoms with Crippen LogP contribution in [0.25, 0.3) is 5.69 Å². The summed E-state index contributed by atoms with van der Waals surface area (Å²) in [5, 5.41) is 3.99. The Bertz CT molecular complexity index is 1720. The number of amides is 2. The molecule has 0 unspecified atom stereocenters. The first-order chi connectivity index (χ1) is 20.4. The summed E-state index contributed by atoms with van der Waals surface area (Å²) < 4.78 is 54.8. The van der Waals surface area contributed by atoms with Crippen molar-refractivity contribution < 1.29 is 32.2 Å². The van der Waals surface area contributed by atoms with Crippen molar-refractivity contribution in [1.82, 2.24) is 14.7 Å². The van der Waals surface area contributed by atoms with E-state index >= 15 is 0 Å². The molecule has 3 aromatic carbocycles. The van der Waals surface area contributed by atoms with Crippen LogP contribution in [0.1, 0.15) is 46.7 Å². The number of ether oxygens (including phenoxy) is 2. The summed E-state index contributed by atoms with van der Waals surface area (Å²) in [6.45, 7) is 3.67. The van der Waals surface area contributed by atoms with Crippen LogP contribution in [0.5, 0.6) is 11.5 Å². The molecule has 1 aromatic heterocycles. The van der Waals surface area contributed by atoms with Crippen LogP contribution >= 0.6 is 0 Å². The van der Waals surface area contributed by atoms with E-state index < -0.39 is 17.3 Å². The van der Waals surface area contributed by atoms with Crippen LogP contribution in [0.15, 0.2) is 72.8 Å². The first kappa shape index (κ1) is 28.3. The highest BCUT2D eigenvalue weighted by molar-refractivity contribution is 6.06. The standard InChI is InChI=1S/C32H29F3N4O4/c1-31(2,21-9-5-4-6-10-21)30(41)38-15-14-25-24(18-38)28(32(33,34)35)36-39(25)23-11-7-8-20(16-23)29(40)37(3)22-12-13-26-27(17-22)43-19-42-26/h4-13,16-17H,14-15,18-19H2,1-3H3. The molecule has 0 saturated heterocycles. The van der Waals surface area contributed by atoms with Crippen molar-refractivity contribution in [3.05, 3.63) is 101 Å². The van der Waals surface area contributed by atoms with Crippen LogP contribution < -0.4 is 14.4 Å². The molecule has 222 valence electrons. The number of halogens is 3. The van der Waals surface area contributed by atoms with Crippen LogP contribution in [0.2, 0.25) is 0 Å². The number of benzene rings is 3. The molecular weight excluding hydrogens is 561 g/mol. The van der Waals surface area contributed by atoms with Crippen molar-refractivity contribution in [3.8, 4) is 17.2 Å². The van der Waals surface area contributed by atoms with Gasteiger partial charge in [-0.05, 0) is 49.7 Å². The number of hydrogen-bond donors (Lipinski definition) is 0. The van der Waals surface area contributed by atoms with Gasteiger partial charge >= 0.3 is 6.18 Å². The lowest BCUT2D eigenvalue weighted by Gasteiger charge is -2.35. The topological polar surface area (TPSA) is 76.9 Å². The largest absolute Gasteiger partial charge is 0.454 e. The lowest BCUT2D eigenvalue weighted by molar-refractivity contribution is -0.144. The van der Waals surface area contributed by atoms with Gasteiger partial charge in [0.15, 0.2) is 17.2 Å². The molecule has 4 aromatic rings. The van der Waals surface area contributed by atoms with Gasteiger partial charge in [-0.1, -0.05) is 36.4 Å². The van der Waals surface area contributed by atoms with Crippen molar-refractivity contribution in [2.75, 3.05) is 25.3 Å². The van der Waals surface area contributed by atoms with Crippen molar-refractivity contribution >= 4 is 17.5 Å². The zero-order chi connectivity index (χ0) is 30.5. The number of carbonyl (C=O) groups excluding carboxylic acids is 2. The van der Waals surface area contributed by atoms with Gasteiger partial charge < -0.3 is 19.3 Å². The van der Waals surface area contributed by atoms with Gasteiger partial charge in [0.25, 0.3) is 5.91 Å². The predicted molar refractivity (Wildman–Crippen MR) is 152 cm³/mol. The van der Waals surface area contributed by atoms with E-state index in [-0.39, 0.29) is 49.2 Å². The SMILES string of the molecule is CN(C(=O)c1cccc(-n2nc(C(F)(F)F)c3c2CCN(C(=O)C(C)(C)c2ccccc2)C3)c1)c1ccc2c(c1)OCO2. The molecular formula is C32H29F3N4O4. The van der Waals surface area contributed by atoms with Gasteiger partial charge in [-0.3, -0.25) is 9.59 Å². The Balaban J connectivity index is 1.31. The smallest absolute Gasteiger partial charge is 0.435 e. The van der Waals surface area contributed by atoms with Gasteiger partial charge in [0.1, 0.15) is 0 Å². The number of carbonyl (C=O) groups is 2. The van der Waals surface area contributed by atoms with E-state index in [1.54, 1.807) is 57.3 Å². The zero-order valence-electron chi connectivity index (χ0n) is 23.8. The monoisotopic (exact) mass is 590 g/mol. The molecule has 0 spiro atoms. The number of anilines is 1. The van der Waals surface area contributed by atoms with Gasteiger partial charge in [0.2, 0.25) is 12.7 Å². The Morgan fingerprint density at radius 1 is 0.930 bits per heavy atom. The van der Waals surface area contributed by atoms with E-state index in [2.05, 4.69) is 5.10 Å². The third-order valence-corrected chi connectivity index (χ3v) is 8.03. The second kappa shape index (κ2) is 10.5. The normalized spacial score (nSPS) is 14.4. The Morgan fingerprint density at radius 2 is 1.67 bits per heavy atom. The van der Waals surface area contributed by atoms with Crippen LogP contribution in [0, 0.1) is 0 Å². The molecule has 11 heteroatoms. The lowest BCUT2D eigenvalue weighted by Crippen LogP contribution is -2.46. The van der Waals surface area contributed by atoms with Crippen molar-refractivity contribution in [3.63, 3.8) is 0 Å². The summed E-state index contributed by atoms with van der Waals surface area (Å²) in [5.74, 6) is 0.481. The highest BCUT2D eigenvalue weighted by Crippen LogP contribution is 2.38. The molecule has 3 heterocycles. The van der Waals surface area contributed by atoms with Crippen LogP contribution in [0.4, 0.5) is 18.9 Å². The molecule has 2 amide bonds. The van der Waals surface area contributed by atoms with Gasteiger partial charge in [-0.25, -0.2) is 4.68 Å². The molecule has 0 N–H and O–H groups in total. The Morgan fingerprint density at radius 3 is 2.42 bits per heavy atom. The minimum Gasteiger partial charge on any atom is -0.454 e. The van der Waals surface area contributed by atoms with Gasteiger partial charge in [0.05, 0.1) is 16.8 Å². The van der Waals surface area contributed by atoms with Crippen LogP contribution in [0.3, 0.4) is 0 Å². The summed E-state index contributed by atoms with van der Waals surface area (Å²) >= 11 is 0. The minimum atomic E-state index is -4.73. The van der Waals surface area contributed by atoms with Crippen molar-refractivity contribution in [2.45, 2.75) is 38.4 Å². The highest BCUT2D eigenvalue weighted by Gasteiger charge is 2.43. The molecule has 0 atom stereocenters. The average Bonchev–Trinajstić information content (AvgIpc) is 3.64. The molecule has 6 rings (SSSR count). The maximum absolute atomic E-state index is 14.3. The second-order valence-corrected chi connectivity index (χ2v) is 11.1. The number of rotatable bonds is 5. The number of aromatic nitrogens is 2. The molecule has 0 aliphatic carbocycles. The maximum Gasteiger partial charge on any atom is 0.435 e. The molecule has 43 heavy (non-hydrogen) atoms. The summed E-state index contributed by atoms with van der Waals surface area (Å²) in [6, 6.07) is 20.6. The van der Waals surface area contributed by atoms with Gasteiger partial charge in [0, 0.05) is 49.4 Å². The van der Waals surface area contributed by atoms with Crippen molar-refractivity contribution in [1.29, 1.82) is 0 Å². The molecule has 2 aliphatic rings. The quantitative estimate of drug-likeness (QED) is 0.296. The summed E-state index contributed by atoms with van der Waals surface area (Å²) in [4.78, 5) is 29.9. The average molecular weight is 591 g/mol. The minimum absolute atomic E-state index is 0.0369. The van der Waals surface area contributed by atoms with Crippen molar-refractivity contribution in [2.24, 2.45) is 0 Å². The number of hydrogen-bond acceptors (Lipinski definition) is 5. The van der Waals surface area contributed by atoms with Gasteiger partial charge in [-0.15, -0.1) is 0 Å². The molecule has 0 bridgehead atoms. The van der Waals surface area contributed by atoms with E-state index in [9.17, 15) is 22.8 Å². The number of nitrogens with zero attached hydrogens (tertiary/aromatic N) is 4. The Hall–Kier alpha value is -4.80. The lowest BCUT2D eigenvalue weighted by atomic mass is 9.82. The molecule has 0 fully saturated rings. The molecule has 0 saturated carbocycles. The first-order valence-corrected chi connectivity index (χ1v) is 13.8. The van der Waals surface area contributed by atoms with E-state index in [0.717, 1.165) is 5.56 Å². The fourth-order valence-corrected chi connectivity index (χ4v) is 5.58. The third kappa shape index (κ3) is 5.09. The number of alkyl halides is 3. The van der Waals surface area contributed by atoms with Crippen LogP contribution in [-0.2, 0) is 29.4 Å². The molecule has 2 aliphatic heterocycles. The predicted octanol–water partition coefficient (Wildman–Crippen LogP) is 5.76. The summed E-state index contributed by atoms with van der Waals surface area (Å²) in [7, 11) is 1.60. The van der Waals surface area contributed by atoms with E-state index in [4.69, 9.17) is 9.47 Å². The van der Waals surface area contributed by atoms with E-state index in [1.165, 1.54) is 20.5 Å². The van der Waals surface area contributed by atoms with E-state index in [1.807, 2.05) is 30.3 Å². The molecule has 0 radical (unpaired) electrons. The zero-order valence-corrected chi connectivity index (χ0v) is 23.8. The third-order valence-electron chi connectivity index (χ3n) is 8.03. The Kier molecular flexibility index (Phi) is 6.90. The highest BCUT2D eigenvalue weighted by atomic mass is 19.4. The molecule has 8 nitrogen and oxygen atoms in total. The Labute approximate surface area is 246 Å². The maximum atomic E-state index is 14.3. The first-order valence-electron chi connectivity index (χ1n) is 13.8. The van der Waals surface area contributed by atoms with E-state index in [0.29, 0.717) is 28.6 Å². The summed E-state index contributed by atoms with van der Waals surface area (Å²) in [6.07, 6.45) is -4.56.